The molecule has 2 aromatic carbocycles. The fourth-order valence-electron chi connectivity index (χ4n) is 3.69. The van der Waals surface area contributed by atoms with Crippen molar-refractivity contribution in [2.75, 3.05) is 13.2 Å². The third-order valence-electron chi connectivity index (χ3n) is 5.21. The standard InChI is InChI=1S/C22H25ClN2O3/c1-14(2)24-12-17(26)13-27-25-21-18-9-8-16(23)10-20(18)28-22(11-19(21)22)15-6-4-3-5-7-15/h3-10,14,17,19,24,26H,11-13H2,1-2H3. The summed E-state index contributed by atoms with van der Waals surface area (Å²) >= 11 is 6.19. The maximum atomic E-state index is 10.1. The van der Waals surface area contributed by atoms with Crippen LogP contribution < -0.4 is 10.1 Å². The summed E-state index contributed by atoms with van der Waals surface area (Å²) < 4.78 is 6.40. The highest BCUT2D eigenvalue weighted by atomic mass is 35.5. The van der Waals surface area contributed by atoms with Crippen molar-refractivity contribution in [2.24, 2.45) is 11.1 Å². The molecule has 5 nitrogen and oxygen atoms in total. The van der Waals surface area contributed by atoms with Gasteiger partial charge in [-0.2, -0.15) is 0 Å². The van der Waals surface area contributed by atoms with Gasteiger partial charge in [0.2, 0.25) is 0 Å². The van der Waals surface area contributed by atoms with E-state index in [1.165, 1.54) is 0 Å². The zero-order chi connectivity index (χ0) is 19.7. The fourth-order valence-corrected chi connectivity index (χ4v) is 3.85. The number of nitrogens with one attached hydrogen (secondary N) is 1. The molecule has 4 rings (SSSR count). The molecule has 2 aliphatic rings. The molecule has 2 N–H and O–H groups in total. The van der Waals surface area contributed by atoms with Crippen molar-refractivity contribution in [1.82, 2.24) is 5.32 Å². The van der Waals surface area contributed by atoms with E-state index in [1.807, 2.05) is 50.2 Å². The Balaban J connectivity index is 1.56. The van der Waals surface area contributed by atoms with Crippen LogP contribution in [-0.2, 0) is 10.4 Å². The van der Waals surface area contributed by atoms with E-state index in [0.29, 0.717) is 17.6 Å². The maximum Gasteiger partial charge on any atom is 0.144 e. The Bertz CT molecular complexity index is 871. The van der Waals surface area contributed by atoms with E-state index in [1.54, 1.807) is 0 Å². The summed E-state index contributed by atoms with van der Waals surface area (Å²) in [5, 5.41) is 18.3. The summed E-state index contributed by atoms with van der Waals surface area (Å²) in [5.41, 5.74) is 2.46. The van der Waals surface area contributed by atoms with E-state index in [4.69, 9.17) is 21.2 Å². The van der Waals surface area contributed by atoms with Crippen LogP contribution in [0.25, 0.3) is 0 Å². The average molecular weight is 401 g/mol. The Morgan fingerprint density at radius 1 is 1.29 bits per heavy atom. The predicted octanol–water partition coefficient (Wildman–Crippen LogP) is 3.73. The molecule has 1 aliphatic heterocycles. The topological polar surface area (TPSA) is 63.1 Å². The summed E-state index contributed by atoms with van der Waals surface area (Å²) in [6.45, 7) is 4.68. The van der Waals surface area contributed by atoms with Gasteiger partial charge in [-0.15, -0.1) is 0 Å². The highest BCUT2D eigenvalue weighted by molar-refractivity contribution is 6.31. The second-order valence-corrected chi connectivity index (χ2v) is 8.18. The van der Waals surface area contributed by atoms with Crippen molar-refractivity contribution in [2.45, 2.75) is 38.0 Å². The van der Waals surface area contributed by atoms with Crippen molar-refractivity contribution in [3.8, 4) is 5.75 Å². The molecule has 1 saturated carbocycles. The number of aliphatic hydroxyl groups excluding tert-OH is 1. The summed E-state index contributed by atoms with van der Waals surface area (Å²) in [6.07, 6.45) is 0.220. The van der Waals surface area contributed by atoms with Crippen LogP contribution in [0.15, 0.2) is 53.7 Å². The van der Waals surface area contributed by atoms with Gasteiger partial charge in [-0.25, -0.2) is 0 Å². The molecule has 1 aliphatic carbocycles. The number of halogens is 1. The number of fused-ring (bicyclic) bond motifs is 2. The molecule has 1 fully saturated rings. The minimum Gasteiger partial charge on any atom is -0.481 e. The van der Waals surface area contributed by atoms with E-state index in [0.717, 1.165) is 29.0 Å². The van der Waals surface area contributed by atoms with E-state index in [-0.39, 0.29) is 12.5 Å². The molecule has 6 heteroatoms. The fraction of sp³-hybridized carbons (Fsp3) is 0.409. The predicted molar refractivity (Wildman–Crippen MR) is 110 cm³/mol. The summed E-state index contributed by atoms with van der Waals surface area (Å²) in [7, 11) is 0. The lowest BCUT2D eigenvalue weighted by Gasteiger charge is -2.27. The third kappa shape index (κ3) is 3.75. The molecular weight excluding hydrogens is 376 g/mol. The molecular formula is C22H25ClN2O3. The van der Waals surface area contributed by atoms with E-state index in [9.17, 15) is 5.11 Å². The Morgan fingerprint density at radius 2 is 2.07 bits per heavy atom. The molecule has 148 valence electrons. The molecule has 28 heavy (non-hydrogen) atoms. The Morgan fingerprint density at radius 3 is 2.82 bits per heavy atom. The van der Waals surface area contributed by atoms with Gasteiger partial charge in [0.1, 0.15) is 24.1 Å². The molecule has 0 radical (unpaired) electrons. The van der Waals surface area contributed by atoms with Crippen molar-refractivity contribution in [1.29, 1.82) is 0 Å². The number of oxime groups is 1. The number of hydrogen-bond donors (Lipinski definition) is 2. The smallest absolute Gasteiger partial charge is 0.144 e. The minimum absolute atomic E-state index is 0.120. The van der Waals surface area contributed by atoms with Crippen molar-refractivity contribution in [3.05, 3.63) is 64.7 Å². The third-order valence-corrected chi connectivity index (χ3v) is 5.44. The molecule has 0 bridgehead atoms. The van der Waals surface area contributed by atoms with E-state index < -0.39 is 11.7 Å². The first-order chi connectivity index (χ1) is 13.5. The zero-order valence-electron chi connectivity index (χ0n) is 16.1. The summed E-state index contributed by atoms with van der Waals surface area (Å²) in [4.78, 5) is 5.54. The minimum atomic E-state index is -0.616. The molecule has 3 atom stereocenters. The van der Waals surface area contributed by atoms with Gasteiger partial charge in [0.25, 0.3) is 0 Å². The van der Waals surface area contributed by atoms with Gasteiger partial charge in [-0.1, -0.05) is 60.9 Å². The second-order valence-electron chi connectivity index (χ2n) is 7.74. The molecule has 0 saturated heterocycles. The SMILES string of the molecule is CC(C)NCC(O)CON=C1c2ccc(Cl)cc2OC2(c3ccccc3)CC12. The average Bonchev–Trinajstić information content (AvgIpc) is 3.42. The molecule has 1 heterocycles. The van der Waals surface area contributed by atoms with Crippen LogP contribution in [0.3, 0.4) is 0 Å². The van der Waals surface area contributed by atoms with Crippen molar-refractivity contribution >= 4 is 17.3 Å². The van der Waals surface area contributed by atoms with Gasteiger partial charge in [0.15, 0.2) is 0 Å². The van der Waals surface area contributed by atoms with Crippen LogP contribution >= 0.6 is 11.6 Å². The maximum absolute atomic E-state index is 10.1. The highest BCUT2D eigenvalue weighted by Gasteiger charge is 2.64. The van der Waals surface area contributed by atoms with Crippen LogP contribution in [0, 0.1) is 5.92 Å². The first kappa shape index (κ1) is 19.2. The van der Waals surface area contributed by atoms with Gasteiger partial charge in [-0.3, -0.25) is 0 Å². The summed E-state index contributed by atoms with van der Waals surface area (Å²) in [5.74, 6) is 0.837. The van der Waals surface area contributed by atoms with Gasteiger partial charge in [-0.05, 0) is 23.8 Å². The number of aliphatic hydroxyl groups is 1. The van der Waals surface area contributed by atoms with Gasteiger partial charge in [0, 0.05) is 29.6 Å². The Hall–Kier alpha value is -2.08. The number of hydrogen-bond acceptors (Lipinski definition) is 5. The first-order valence-electron chi connectivity index (χ1n) is 9.65. The monoisotopic (exact) mass is 400 g/mol. The lowest BCUT2D eigenvalue weighted by Crippen LogP contribution is -2.34. The van der Waals surface area contributed by atoms with Crippen LogP contribution in [0.2, 0.25) is 5.02 Å². The van der Waals surface area contributed by atoms with Gasteiger partial charge >= 0.3 is 0 Å². The first-order valence-corrected chi connectivity index (χ1v) is 10.0. The molecule has 0 spiro atoms. The van der Waals surface area contributed by atoms with Gasteiger partial charge < -0.3 is 20.0 Å². The van der Waals surface area contributed by atoms with E-state index in [2.05, 4.69) is 22.6 Å². The Labute approximate surface area is 170 Å². The number of benzene rings is 2. The normalized spacial score (nSPS) is 25.0. The van der Waals surface area contributed by atoms with E-state index >= 15 is 0 Å². The lowest BCUT2D eigenvalue weighted by molar-refractivity contribution is 0.0385. The van der Waals surface area contributed by atoms with Crippen LogP contribution in [-0.4, -0.2) is 36.1 Å². The number of rotatable bonds is 7. The van der Waals surface area contributed by atoms with Crippen LogP contribution in [0.4, 0.5) is 0 Å². The van der Waals surface area contributed by atoms with Crippen molar-refractivity contribution in [3.63, 3.8) is 0 Å². The number of nitrogens with zero attached hydrogens (tertiary/aromatic N) is 1. The van der Waals surface area contributed by atoms with Crippen LogP contribution in [0.1, 0.15) is 31.4 Å². The molecule has 0 amide bonds. The largest absolute Gasteiger partial charge is 0.481 e. The molecule has 3 unspecified atom stereocenters. The Kier molecular flexibility index (Phi) is 5.32. The second kappa shape index (κ2) is 7.74. The number of ether oxygens (including phenoxy) is 1. The highest BCUT2D eigenvalue weighted by Crippen LogP contribution is 2.60. The van der Waals surface area contributed by atoms with Gasteiger partial charge in [0.05, 0.1) is 11.6 Å². The lowest BCUT2D eigenvalue weighted by atomic mass is 9.96. The summed E-state index contributed by atoms with van der Waals surface area (Å²) in [6, 6.07) is 16.1. The van der Waals surface area contributed by atoms with Crippen LogP contribution in [0.5, 0.6) is 5.75 Å². The zero-order valence-corrected chi connectivity index (χ0v) is 16.8. The molecule has 0 aromatic heterocycles. The quantitative estimate of drug-likeness (QED) is 0.695. The van der Waals surface area contributed by atoms with Crippen molar-refractivity contribution < 1.29 is 14.7 Å². The molecule has 2 aromatic rings.